The number of nitrogens with zero attached hydrogens (tertiary/aromatic N) is 4. The number of thiazole rings is 1. The van der Waals surface area contributed by atoms with Gasteiger partial charge in [-0.05, 0) is 0 Å². The Balaban J connectivity index is 1.80. The van der Waals surface area contributed by atoms with E-state index in [0.717, 1.165) is 16.7 Å². The smallest absolute Gasteiger partial charge is 0.356 e. The molecule has 0 atom stereocenters. The average molecular weight is 363 g/mol. The third-order valence-corrected chi connectivity index (χ3v) is 4.61. The zero-order valence-electron chi connectivity index (χ0n) is 13.6. The molecule has 0 bridgehead atoms. The maximum absolute atomic E-state index is 12.5. The summed E-state index contributed by atoms with van der Waals surface area (Å²) in [6.07, 6.45) is -4.00. The molecule has 0 aliphatic carbocycles. The molecule has 10 heteroatoms. The van der Waals surface area contributed by atoms with Crippen molar-refractivity contribution in [3.05, 3.63) is 16.1 Å². The third-order valence-electron chi connectivity index (χ3n) is 3.70. The highest BCUT2D eigenvalue weighted by molar-refractivity contribution is 7.09. The first-order chi connectivity index (χ1) is 11.3. The molecule has 24 heavy (non-hydrogen) atoms. The highest BCUT2D eigenvalue weighted by Crippen LogP contribution is 2.29. The standard InChI is InChI=1S/C14H20F3N5OS/c1-10(23)21-5-7-22(8-6-21)13(18-2)19-4-3-12-20-11(9-24-12)14(15,16)17/h9H,3-8H2,1-2H3,(H,18,19). The Hall–Kier alpha value is -1.84. The summed E-state index contributed by atoms with van der Waals surface area (Å²) in [6, 6.07) is 0. The van der Waals surface area contributed by atoms with Crippen molar-refractivity contribution in [2.45, 2.75) is 19.5 Å². The van der Waals surface area contributed by atoms with E-state index in [0.29, 0.717) is 50.1 Å². The zero-order valence-corrected chi connectivity index (χ0v) is 14.4. The van der Waals surface area contributed by atoms with Crippen LogP contribution in [0.2, 0.25) is 0 Å². The van der Waals surface area contributed by atoms with Crippen LogP contribution >= 0.6 is 11.3 Å². The molecule has 0 spiro atoms. The van der Waals surface area contributed by atoms with Crippen LogP contribution in [0.3, 0.4) is 0 Å². The molecule has 1 fully saturated rings. The van der Waals surface area contributed by atoms with Crippen LogP contribution in [0, 0.1) is 0 Å². The maximum atomic E-state index is 12.5. The second-order valence-electron chi connectivity index (χ2n) is 5.34. The molecule has 6 nitrogen and oxygen atoms in total. The Morgan fingerprint density at radius 1 is 1.33 bits per heavy atom. The lowest BCUT2D eigenvalue weighted by atomic mass is 10.3. The number of carbonyl (C=O) groups excluding carboxylic acids is 1. The minimum Gasteiger partial charge on any atom is -0.356 e. The summed E-state index contributed by atoms with van der Waals surface area (Å²) in [5.41, 5.74) is -0.841. The van der Waals surface area contributed by atoms with Gasteiger partial charge in [-0.15, -0.1) is 11.3 Å². The molecular weight excluding hydrogens is 343 g/mol. The van der Waals surface area contributed by atoms with Crippen molar-refractivity contribution in [2.75, 3.05) is 39.8 Å². The number of guanidine groups is 1. The van der Waals surface area contributed by atoms with E-state index in [2.05, 4.69) is 15.3 Å². The highest BCUT2D eigenvalue weighted by atomic mass is 32.1. The van der Waals surface area contributed by atoms with Crippen molar-refractivity contribution < 1.29 is 18.0 Å². The largest absolute Gasteiger partial charge is 0.434 e. The monoisotopic (exact) mass is 363 g/mol. The minimum atomic E-state index is -4.39. The fourth-order valence-corrected chi connectivity index (χ4v) is 3.21. The van der Waals surface area contributed by atoms with Gasteiger partial charge in [0.15, 0.2) is 11.7 Å². The summed E-state index contributed by atoms with van der Waals surface area (Å²) in [7, 11) is 1.66. The van der Waals surface area contributed by atoms with Gasteiger partial charge in [0.05, 0.1) is 5.01 Å². The van der Waals surface area contributed by atoms with Gasteiger partial charge in [0.25, 0.3) is 0 Å². The van der Waals surface area contributed by atoms with E-state index >= 15 is 0 Å². The summed E-state index contributed by atoms with van der Waals surface area (Å²) in [4.78, 5) is 22.9. The number of halogens is 3. The van der Waals surface area contributed by atoms with Gasteiger partial charge in [-0.25, -0.2) is 4.98 Å². The predicted molar refractivity (Wildman–Crippen MR) is 86.0 cm³/mol. The van der Waals surface area contributed by atoms with E-state index in [9.17, 15) is 18.0 Å². The van der Waals surface area contributed by atoms with Gasteiger partial charge < -0.3 is 15.1 Å². The number of amides is 1. The summed E-state index contributed by atoms with van der Waals surface area (Å²) >= 11 is 1.01. The van der Waals surface area contributed by atoms with Gasteiger partial charge >= 0.3 is 6.18 Å². The molecule has 1 amide bonds. The summed E-state index contributed by atoms with van der Waals surface area (Å²) in [5, 5.41) is 4.61. The third kappa shape index (κ3) is 4.83. The van der Waals surface area contributed by atoms with Crippen LogP contribution in [0.4, 0.5) is 13.2 Å². The van der Waals surface area contributed by atoms with Crippen LogP contribution in [-0.2, 0) is 17.4 Å². The Morgan fingerprint density at radius 2 is 1.96 bits per heavy atom. The Kier molecular flexibility index (Phi) is 6.03. The molecule has 0 radical (unpaired) electrons. The molecule has 1 aromatic heterocycles. The van der Waals surface area contributed by atoms with Crippen LogP contribution in [-0.4, -0.2) is 66.4 Å². The van der Waals surface area contributed by atoms with Crippen molar-refractivity contribution in [1.82, 2.24) is 20.1 Å². The quantitative estimate of drug-likeness (QED) is 0.652. The van der Waals surface area contributed by atoms with Crippen LogP contribution in [0.25, 0.3) is 0 Å². The molecular formula is C14H20F3N5OS. The first kappa shape index (κ1) is 18.5. The van der Waals surface area contributed by atoms with E-state index in [-0.39, 0.29) is 5.91 Å². The first-order valence-electron chi connectivity index (χ1n) is 7.54. The SMILES string of the molecule is CN=C(NCCc1nc(C(F)(F)F)cs1)N1CCN(C(C)=O)CC1. The molecule has 1 aliphatic rings. The fraction of sp³-hybridized carbons (Fsp3) is 0.643. The van der Waals surface area contributed by atoms with Crippen LogP contribution in [0.1, 0.15) is 17.6 Å². The molecule has 0 saturated carbocycles. The maximum Gasteiger partial charge on any atom is 0.434 e. The lowest BCUT2D eigenvalue weighted by Crippen LogP contribution is -2.53. The highest BCUT2D eigenvalue weighted by Gasteiger charge is 2.33. The molecule has 1 aliphatic heterocycles. The number of alkyl halides is 3. The number of piperazine rings is 1. The number of aliphatic imine (C=N–C) groups is 1. The van der Waals surface area contributed by atoms with Crippen molar-refractivity contribution in [1.29, 1.82) is 0 Å². The molecule has 2 rings (SSSR count). The summed E-state index contributed by atoms with van der Waals surface area (Å²) in [6.45, 7) is 4.62. The first-order valence-corrected chi connectivity index (χ1v) is 8.42. The molecule has 1 saturated heterocycles. The van der Waals surface area contributed by atoms with E-state index in [1.807, 2.05) is 4.90 Å². The number of nitrogens with one attached hydrogen (secondary N) is 1. The van der Waals surface area contributed by atoms with Gasteiger partial charge in [-0.1, -0.05) is 0 Å². The second-order valence-corrected chi connectivity index (χ2v) is 6.28. The Morgan fingerprint density at radius 3 is 2.46 bits per heavy atom. The van der Waals surface area contributed by atoms with E-state index in [4.69, 9.17) is 0 Å². The Labute approximate surface area is 142 Å². The van der Waals surface area contributed by atoms with E-state index in [1.165, 1.54) is 0 Å². The average Bonchev–Trinajstić information content (AvgIpc) is 3.01. The van der Waals surface area contributed by atoms with Crippen molar-refractivity contribution in [3.63, 3.8) is 0 Å². The van der Waals surface area contributed by atoms with Gasteiger partial charge in [0.2, 0.25) is 5.91 Å². The second kappa shape index (κ2) is 7.82. The number of rotatable bonds is 3. The topological polar surface area (TPSA) is 60.8 Å². The number of aromatic nitrogens is 1. The van der Waals surface area contributed by atoms with Crippen molar-refractivity contribution >= 4 is 23.2 Å². The number of hydrogen-bond donors (Lipinski definition) is 1. The molecule has 134 valence electrons. The Bertz CT molecular complexity index is 593. The number of hydrogen-bond acceptors (Lipinski definition) is 4. The predicted octanol–water partition coefficient (Wildman–Crippen LogP) is 1.44. The van der Waals surface area contributed by atoms with E-state index < -0.39 is 11.9 Å². The fourth-order valence-electron chi connectivity index (χ4n) is 2.40. The van der Waals surface area contributed by atoms with Gasteiger partial charge in [0.1, 0.15) is 0 Å². The number of carbonyl (C=O) groups is 1. The van der Waals surface area contributed by atoms with Crippen LogP contribution in [0.5, 0.6) is 0 Å². The van der Waals surface area contributed by atoms with Gasteiger partial charge in [-0.2, -0.15) is 13.2 Å². The van der Waals surface area contributed by atoms with E-state index in [1.54, 1.807) is 18.9 Å². The van der Waals surface area contributed by atoms with Gasteiger partial charge in [0, 0.05) is 58.5 Å². The molecule has 0 aromatic carbocycles. The van der Waals surface area contributed by atoms with Crippen LogP contribution in [0.15, 0.2) is 10.4 Å². The summed E-state index contributed by atoms with van der Waals surface area (Å²) in [5.74, 6) is 0.743. The van der Waals surface area contributed by atoms with Crippen molar-refractivity contribution in [3.8, 4) is 0 Å². The van der Waals surface area contributed by atoms with Crippen LogP contribution < -0.4 is 5.32 Å². The van der Waals surface area contributed by atoms with Gasteiger partial charge in [-0.3, -0.25) is 9.79 Å². The summed E-state index contributed by atoms with van der Waals surface area (Å²) < 4.78 is 37.5. The zero-order chi connectivity index (χ0) is 17.7. The molecule has 0 unspecified atom stereocenters. The lowest BCUT2D eigenvalue weighted by Gasteiger charge is -2.36. The molecule has 1 N–H and O–H groups in total. The lowest BCUT2D eigenvalue weighted by molar-refractivity contribution is -0.140. The normalized spacial score (nSPS) is 16.5. The molecule has 2 heterocycles. The molecule has 1 aromatic rings. The minimum absolute atomic E-state index is 0.0573. The van der Waals surface area contributed by atoms with Crippen molar-refractivity contribution in [2.24, 2.45) is 4.99 Å².